The molecule has 0 aliphatic carbocycles. The molecule has 0 saturated heterocycles. The van der Waals surface area contributed by atoms with E-state index in [1.54, 1.807) is 6.26 Å². The summed E-state index contributed by atoms with van der Waals surface area (Å²) in [6.07, 6.45) is 2.96. The van der Waals surface area contributed by atoms with Crippen LogP contribution in [0.15, 0.2) is 65.5 Å². The highest BCUT2D eigenvalue weighted by atomic mass is 16.3. The first-order valence-electron chi connectivity index (χ1n) is 8.29. The molecule has 0 aliphatic rings. The lowest BCUT2D eigenvalue weighted by Crippen LogP contribution is -2.31. The third-order valence-electron chi connectivity index (χ3n) is 4.41. The summed E-state index contributed by atoms with van der Waals surface area (Å²) in [5.41, 5.74) is 16.0. The van der Waals surface area contributed by atoms with Gasteiger partial charge >= 0.3 is 6.03 Å². The van der Waals surface area contributed by atoms with Crippen LogP contribution < -0.4 is 16.4 Å². The molecular weight excluding hydrogens is 342 g/mol. The van der Waals surface area contributed by atoms with Gasteiger partial charge in [0, 0.05) is 5.56 Å². The summed E-state index contributed by atoms with van der Waals surface area (Å²) in [7, 11) is 0. The second kappa shape index (κ2) is 6.45. The van der Waals surface area contributed by atoms with E-state index in [1.165, 1.54) is 11.2 Å². The van der Waals surface area contributed by atoms with Gasteiger partial charge < -0.3 is 15.9 Å². The molecule has 4 N–H and O–H groups in total. The van der Waals surface area contributed by atoms with Crippen molar-refractivity contribution in [2.45, 2.75) is 6.92 Å². The van der Waals surface area contributed by atoms with Gasteiger partial charge in [-0.1, -0.05) is 30.3 Å². The molecular formula is C20H17N5O2. The molecule has 7 nitrogen and oxygen atoms in total. The van der Waals surface area contributed by atoms with Crippen LogP contribution in [-0.4, -0.2) is 16.0 Å². The van der Waals surface area contributed by atoms with Crippen molar-refractivity contribution in [2.75, 3.05) is 10.6 Å². The predicted octanol–water partition coefficient (Wildman–Crippen LogP) is 4.00. The van der Waals surface area contributed by atoms with Crippen LogP contribution in [0.3, 0.4) is 0 Å². The number of amides is 2. The molecule has 4 rings (SSSR count). The molecule has 0 atom stereocenters. The van der Waals surface area contributed by atoms with Crippen molar-refractivity contribution < 1.29 is 9.21 Å². The number of para-hydroxylation sites is 1. The number of carbonyl (C=O) groups is 1. The van der Waals surface area contributed by atoms with E-state index in [-0.39, 0.29) is 0 Å². The van der Waals surface area contributed by atoms with Gasteiger partial charge in [-0.15, -0.1) is 0 Å². The third kappa shape index (κ3) is 2.85. The molecule has 4 aromatic rings. The third-order valence-corrected chi connectivity index (χ3v) is 4.41. The summed E-state index contributed by atoms with van der Waals surface area (Å²) >= 11 is 0. The van der Waals surface area contributed by atoms with Crippen LogP contribution in [0.1, 0.15) is 5.56 Å². The van der Waals surface area contributed by atoms with Crippen LogP contribution in [0.25, 0.3) is 22.2 Å². The van der Waals surface area contributed by atoms with Crippen LogP contribution >= 0.6 is 0 Å². The van der Waals surface area contributed by atoms with Gasteiger partial charge in [-0.3, -0.25) is 4.90 Å². The topological polar surface area (TPSA) is 111 Å². The second-order valence-corrected chi connectivity index (χ2v) is 6.10. The lowest BCUT2D eigenvalue weighted by atomic mass is 10.0. The maximum Gasteiger partial charge on any atom is 0.323 e. The minimum Gasteiger partial charge on any atom is -0.445 e. The van der Waals surface area contributed by atoms with E-state index in [9.17, 15) is 4.79 Å². The number of hydrogen-bond acceptors (Lipinski definition) is 5. The smallest absolute Gasteiger partial charge is 0.323 e. The zero-order chi connectivity index (χ0) is 19.0. The molecule has 0 unspecified atom stereocenters. The lowest BCUT2D eigenvalue weighted by Gasteiger charge is -2.22. The van der Waals surface area contributed by atoms with Crippen molar-refractivity contribution in [1.29, 1.82) is 0 Å². The van der Waals surface area contributed by atoms with Gasteiger partial charge in [0.15, 0.2) is 0 Å². The van der Waals surface area contributed by atoms with Crippen LogP contribution in [0.2, 0.25) is 0 Å². The fraction of sp³-hybridized carbons (Fsp3) is 0.0500. The van der Waals surface area contributed by atoms with Gasteiger partial charge in [-0.25, -0.2) is 14.8 Å². The highest BCUT2D eigenvalue weighted by Gasteiger charge is 2.18. The first-order valence-corrected chi connectivity index (χ1v) is 8.29. The molecule has 0 aliphatic heterocycles. The summed E-state index contributed by atoms with van der Waals surface area (Å²) in [5.74, 6) is 0.353. The second-order valence-electron chi connectivity index (χ2n) is 6.10. The Morgan fingerprint density at radius 3 is 2.52 bits per heavy atom. The van der Waals surface area contributed by atoms with E-state index in [0.717, 1.165) is 22.4 Å². The Kier molecular flexibility index (Phi) is 3.97. The van der Waals surface area contributed by atoms with Crippen molar-refractivity contribution in [3.8, 4) is 11.1 Å². The van der Waals surface area contributed by atoms with E-state index >= 15 is 0 Å². The average molecular weight is 359 g/mol. The van der Waals surface area contributed by atoms with E-state index in [2.05, 4.69) is 9.97 Å². The number of hydrogen-bond donors (Lipinski definition) is 2. The SMILES string of the molecule is Cc1ccccc1N(C(N)=O)c1ccc(-c2coc3ncnc(N)c23)cc1. The van der Waals surface area contributed by atoms with E-state index in [0.29, 0.717) is 22.6 Å². The first-order chi connectivity index (χ1) is 13.1. The quantitative estimate of drug-likeness (QED) is 0.574. The highest BCUT2D eigenvalue weighted by Crippen LogP contribution is 2.34. The number of urea groups is 1. The minimum atomic E-state index is -0.552. The van der Waals surface area contributed by atoms with E-state index in [4.69, 9.17) is 15.9 Å². The Balaban J connectivity index is 1.77. The number of fused-ring (bicyclic) bond motifs is 1. The van der Waals surface area contributed by atoms with Crippen LogP contribution in [0.5, 0.6) is 0 Å². The fourth-order valence-corrected chi connectivity index (χ4v) is 3.10. The Morgan fingerprint density at radius 1 is 1.07 bits per heavy atom. The van der Waals surface area contributed by atoms with Crippen LogP contribution in [-0.2, 0) is 0 Å². The standard InChI is InChI=1S/C20H17N5O2/c1-12-4-2-3-5-16(12)25(20(22)26)14-8-6-13(7-9-14)15-10-27-19-17(15)18(21)23-11-24-19/h2-11H,1H3,(H2,22,26)(H2,21,23,24). The van der Waals surface area contributed by atoms with Gasteiger partial charge in [0.05, 0.1) is 16.8 Å². The van der Waals surface area contributed by atoms with Crippen molar-refractivity contribution >= 4 is 34.3 Å². The summed E-state index contributed by atoms with van der Waals surface area (Å²) < 4.78 is 5.47. The van der Waals surface area contributed by atoms with Crippen LogP contribution in [0, 0.1) is 6.92 Å². The van der Waals surface area contributed by atoms with Gasteiger partial charge in [0.25, 0.3) is 0 Å². The van der Waals surface area contributed by atoms with Gasteiger partial charge in [0.1, 0.15) is 18.4 Å². The molecule has 2 aromatic carbocycles. The van der Waals surface area contributed by atoms with Crippen LogP contribution in [0.4, 0.5) is 22.0 Å². The van der Waals surface area contributed by atoms with E-state index in [1.807, 2.05) is 55.5 Å². The number of nitrogens with two attached hydrogens (primary N) is 2. The van der Waals surface area contributed by atoms with Gasteiger partial charge in [-0.2, -0.15) is 0 Å². The van der Waals surface area contributed by atoms with Crippen molar-refractivity contribution in [3.05, 3.63) is 66.7 Å². The molecule has 0 fully saturated rings. The monoisotopic (exact) mass is 359 g/mol. The number of nitrogen functional groups attached to an aromatic ring is 1. The fourth-order valence-electron chi connectivity index (χ4n) is 3.10. The molecule has 0 bridgehead atoms. The molecule has 0 radical (unpaired) electrons. The largest absolute Gasteiger partial charge is 0.445 e. The number of rotatable bonds is 3. The summed E-state index contributed by atoms with van der Waals surface area (Å²) in [6, 6.07) is 14.4. The summed E-state index contributed by atoms with van der Waals surface area (Å²) in [5, 5.41) is 0.663. The maximum atomic E-state index is 12.1. The maximum absolute atomic E-state index is 12.1. The Bertz CT molecular complexity index is 1130. The number of furan rings is 1. The zero-order valence-corrected chi connectivity index (χ0v) is 14.6. The number of primary amides is 1. The molecule has 2 amide bonds. The number of carbonyl (C=O) groups excluding carboxylic acids is 1. The Labute approximate surface area is 155 Å². The van der Waals surface area contributed by atoms with Crippen molar-refractivity contribution in [1.82, 2.24) is 9.97 Å². The molecule has 0 saturated carbocycles. The number of aryl methyl sites for hydroxylation is 1. The van der Waals surface area contributed by atoms with Crippen molar-refractivity contribution in [3.63, 3.8) is 0 Å². The highest BCUT2D eigenvalue weighted by molar-refractivity contribution is 6.01. The summed E-state index contributed by atoms with van der Waals surface area (Å²) in [4.78, 5) is 21.7. The molecule has 0 spiro atoms. The van der Waals surface area contributed by atoms with E-state index < -0.39 is 6.03 Å². The predicted molar refractivity (Wildman–Crippen MR) is 105 cm³/mol. The normalized spacial score (nSPS) is 10.9. The number of nitrogens with zero attached hydrogens (tertiary/aromatic N) is 3. The lowest BCUT2D eigenvalue weighted by molar-refractivity contribution is 0.256. The molecule has 27 heavy (non-hydrogen) atoms. The molecule has 2 heterocycles. The van der Waals surface area contributed by atoms with Gasteiger partial charge in [0.2, 0.25) is 5.71 Å². The summed E-state index contributed by atoms with van der Waals surface area (Å²) in [6.45, 7) is 1.93. The number of aromatic nitrogens is 2. The number of benzene rings is 2. The molecule has 7 heteroatoms. The first kappa shape index (κ1) is 16.6. The van der Waals surface area contributed by atoms with Gasteiger partial charge in [-0.05, 0) is 36.2 Å². The average Bonchev–Trinajstić information content (AvgIpc) is 3.09. The zero-order valence-electron chi connectivity index (χ0n) is 14.6. The Hall–Kier alpha value is -3.87. The number of anilines is 3. The minimum absolute atomic E-state index is 0.353. The van der Waals surface area contributed by atoms with Crippen molar-refractivity contribution in [2.24, 2.45) is 5.73 Å². The Morgan fingerprint density at radius 2 is 1.81 bits per heavy atom. The molecule has 2 aromatic heterocycles. The molecule has 134 valence electrons.